The Labute approximate surface area is 79.7 Å². The molecule has 2 aliphatic rings. The molecule has 3 heteroatoms. The van der Waals surface area contributed by atoms with Crippen molar-refractivity contribution in [3.8, 4) is 0 Å². The monoisotopic (exact) mass is 182 g/mol. The van der Waals surface area contributed by atoms with Crippen LogP contribution in [0.1, 0.15) is 25.7 Å². The molecule has 0 aromatic carbocycles. The summed E-state index contributed by atoms with van der Waals surface area (Å²) in [4.78, 5) is 15.1. The van der Waals surface area contributed by atoms with E-state index in [4.69, 9.17) is 0 Å². The van der Waals surface area contributed by atoms with E-state index in [0.29, 0.717) is 6.04 Å². The largest absolute Gasteiger partial charge is 0.344 e. The summed E-state index contributed by atoms with van der Waals surface area (Å²) < 4.78 is 0. The van der Waals surface area contributed by atoms with Crippen LogP contribution >= 0.6 is 0 Å². The predicted molar refractivity (Wildman–Crippen MR) is 51.5 cm³/mol. The Morgan fingerprint density at radius 2 is 1.85 bits per heavy atom. The first-order chi connectivity index (χ1) is 6.40. The third kappa shape index (κ3) is 2.02. The summed E-state index contributed by atoms with van der Waals surface area (Å²) in [5.41, 5.74) is 0. The van der Waals surface area contributed by atoms with Crippen molar-refractivity contribution < 1.29 is 4.79 Å². The van der Waals surface area contributed by atoms with Crippen molar-refractivity contribution in [1.82, 2.24) is 9.80 Å². The molecule has 0 aromatic rings. The van der Waals surface area contributed by atoms with Crippen molar-refractivity contribution in [2.75, 3.05) is 26.2 Å². The van der Waals surface area contributed by atoms with Gasteiger partial charge in [-0.15, -0.1) is 0 Å². The highest BCUT2D eigenvalue weighted by Gasteiger charge is 2.26. The number of nitrogens with zero attached hydrogens (tertiary/aromatic N) is 2. The molecule has 0 saturated carbocycles. The minimum atomic E-state index is 0.654. The van der Waals surface area contributed by atoms with Crippen LogP contribution in [0.5, 0.6) is 0 Å². The van der Waals surface area contributed by atoms with Gasteiger partial charge in [-0.05, 0) is 38.8 Å². The van der Waals surface area contributed by atoms with E-state index < -0.39 is 0 Å². The zero-order chi connectivity index (χ0) is 9.10. The Kier molecular flexibility index (Phi) is 2.83. The lowest BCUT2D eigenvalue weighted by Crippen LogP contribution is -2.46. The molecule has 2 heterocycles. The predicted octanol–water partition coefficient (Wildman–Crippen LogP) is 0.703. The second-order valence-corrected chi connectivity index (χ2v) is 4.14. The second-order valence-electron chi connectivity index (χ2n) is 4.14. The van der Waals surface area contributed by atoms with Crippen molar-refractivity contribution in [3.63, 3.8) is 0 Å². The summed E-state index contributed by atoms with van der Waals surface area (Å²) in [6.45, 7) is 4.42. The Morgan fingerprint density at radius 3 is 2.54 bits per heavy atom. The van der Waals surface area contributed by atoms with Gasteiger partial charge in [0.25, 0.3) is 0 Å². The number of piperidine rings is 1. The maximum absolute atomic E-state index is 10.6. The maximum Gasteiger partial charge on any atom is 0.209 e. The average Bonchev–Trinajstić information content (AvgIpc) is 2.71. The molecule has 0 aliphatic carbocycles. The highest BCUT2D eigenvalue weighted by molar-refractivity contribution is 5.47. The first kappa shape index (κ1) is 9.00. The highest BCUT2D eigenvalue weighted by atomic mass is 16.1. The standard InChI is InChI=1S/C10H18N2O/c13-9-11-5-3-4-10(8-11)12-6-1-2-7-12/h9-10H,1-8H2. The maximum atomic E-state index is 10.6. The third-order valence-electron chi connectivity index (χ3n) is 3.23. The number of amides is 1. The molecule has 1 amide bonds. The van der Waals surface area contributed by atoms with E-state index in [2.05, 4.69) is 4.90 Å². The zero-order valence-corrected chi connectivity index (χ0v) is 8.11. The highest BCUT2D eigenvalue weighted by Crippen LogP contribution is 2.19. The molecule has 2 saturated heterocycles. The third-order valence-corrected chi connectivity index (χ3v) is 3.23. The summed E-state index contributed by atoms with van der Waals surface area (Å²) in [5.74, 6) is 0. The van der Waals surface area contributed by atoms with Crippen LogP contribution in [0.4, 0.5) is 0 Å². The lowest BCUT2D eigenvalue weighted by atomic mass is 10.1. The van der Waals surface area contributed by atoms with Crippen LogP contribution in [0.15, 0.2) is 0 Å². The number of rotatable bonds is 2. The molecule has 74 valence electrons. The molecular formula is C10H18N2O. The Balaban J connectivity index is 1.87. The molecule has 0 aromatic heterocycles. The number of hydrogen-bond acceptors (Lipinski definition) is 2. The minimum absolute atomic E-state index is 0.654. The van der Waals surface area contributed by atoms with Gasteiger partial charge in [0.2, 0.25) is 6.41 Å². The molecule has 1 unspecified atom stereocenters. The van der Waals surface area contributed by atoms with Crippen LogP contribution in [0, 0.1) is 0 Å². The summed E-state index contributed by atoms with van der Waals surface area (Å²) >= 11 is 0. The van der Waals surface area contributed by atoms with Gasteiger partial charge in [0.1, 0.15) is 0 Å². The van der Waals surface area contributed by atoms with E-state index >= 15 is 0 Å². The first-order valence-electron chi connectivity index (χ1n) is 5.33. The molecular weight excluding hydrogens is 164 g/mol. The van der Waals surface area contributed by atoms with E-state index in [-0.39, 0.29) is 0 Å². The molecule has 1 atom stereocenters. The second kappa shape index (κ2) is 4.09. The van der Waals surface area contributed by atoms with Gasteiger partial charge < -0.3 is 4.90 Å². The van der Waals surface area contributed by atoms with Gasteiger partial charge in [-0.25, -0.2) is 0 Å². The van der Waals surface area contributed by atoms with E-state index in [0.717, 1.165) is 19.5 Å². The Morgan fingerprint density at radius 1 is 1.08 bits per heavy atom. The molecule has 0 bridgehead atoms. The topological polar surface area (TPSA) is 23.6 Å². The first-order valence-corrected chi connectivity index (χ1v) is 5.33. The van der Waals surface area contributed by atoms with Gasteiger partial charge in [0.05, 0.1) is 0 Å². The van der Waals surface area contributed by atoms with Crippen LogP contribution in [0.25, 0.3) is 0 Å². The van der Waals surface area contributed by atoms with Crippen LogP contribution < -0.4 is 0 Å². The van der Waals surface area contributed by atoms with E-state index in [1.807, 2.05) is 4.90 Å². The lowest BCUT2D eigenvalue weighted by molar-refractivity contribution is -0.120. The number of hydrogen-bond donors (Lipinski definition) is 0. The fourth-order valence-corrected chi connectivity index (χ4v) is 2.48. The van der Waals surface area contributed by atoms with Crippen LogP contribution in [0.3, 0.4) is 0 Å². The van der Waals surface area contributed by atoms with Gasteiger partial charge in [-0.1, -0.05) is 0 Å². The fourth-order valence-electron chi connectivity index (χ4n) is 2.48. The van der Waals surface area contributed by atoms with Crippen LogP contribution in [0.2, 0.25) is 0 Å². The van der Waals surface area contributed by atoms with Crippen LogP contribution in [-0.2, 0) is 4.79 Å². The number of likely N-dealkylation sites (tertiary alicyclic amines) is 2. The van der Waals surface area contributed by atoms with E-state index in [1.54, 1.807) is 0 Å². The van der Waals surface area contributed by atoms with Crippen molar-refractivity contribution >= 4 is 6.41 Å². The molecule has 0 radical (unpaired) electrons. The quantitative estimate of drug-likeness (QED) is 0.587. The van der Waals surface area contributed by atoms with Crippen molar-refractivity contribution in [3.05, 3.63) is 0 Å². The average molecular weight is 182 g/mol. The van der Waals surface area contributed by atoms with E-state index in [1.165, 1.54) is 38.8 Å². The smallest absolute Gasteiger partial charge is 0.209 e. The summed E-state index contributed by atoms with van der Waals surface area (Å²) in [5, 5.41) is 0. The van der Waals surface area contributed by atoms with Gasteiger partial charge in [-0.2, -0.15) is 0 Å². The molecule has 0 N–H and O–H groups in total. The summed E-state index contributed by atoms with van der Waals surface area (Å²) in [7, 11) is 0. The number of carbonyl (C=O) groups excluding carboxylic acids is 1. The molecule has 2 rings (SSSR count). The zero-order valence-electron chi connectivity index (χ0n) is 8.11. The van der Waals surface area contributed by atoms with Gasteiger partial charge in [-0.3, -0.25) is 9.69 Å². The van der Waals surface area contributed by atoms with Crippen LogP contribution in [-0.4, -0.2) is 48.4 Å². The fraction of sp³-hybridized carbons (Fsp3) is 0.900. The normalized spacial score (nSPS) is 30.8. The molecule has 0 spiro atoms. The molecule has 13 heavy (non-hydrogen) atoms. The Hall–Kier alpha value is -0.570. The lowest BCUT2D eigenvalue weighted by Gasteiger charge is -2.35. The summed E-state index contributed by atoms with van der Waals surface area (Å²) in [6, 6.07) is 0.654. The van der Waals surface area contributed by atoms with Crippen molar-refractivity contribution in [2.24, 2.45) is 0 Å². The van der Waals surface area contributed by atoms with E-state index in [9.17, 15) is 4.79 Å². The van der Waals surface area contributed by atoms with Crippen molar-refractivity contribution in [1.29, 1.82) is 0 Å². The number of carbonyl (C=O) groups is 1. The minimum Gasteiger partial charge on any atom is -0.344 e. The molecule has 2 fully saturated rings. The SMILES string of the molecule is O=CN1CCCC(N2CCCC2)C1. The molecule has 2 aliphatic heterocycles. The van der Waals surface area contributed by atoms with Gasteiger partial charge >= 0.3 is 0 Å². The van der Waals surface area contributed by atoms with Gasteiger partial charge in [0, 0.05) is 19.1 Å². The van der Waals surface area contributed by atoms with Gasteiger partial charge in [0.15, 0.2) is 0 Å². The summed E-state index contributed by atoms with van der Waals surface area (Å²) in [6.07, 6.45) is 6.15. The van der Waals surface area contributed by atoms with Crippen molar-refractivity contribution in [2.45, 2.75) is 31.7 Å². The Bertz CT molecular complexity index is 178. The molecule has 3 nitrogen and oxygen atoms in total.